The molecule has 1 saturated heterocycles. The number of amides is 1. The monoisotopic (exact) mass is 358 g/mol. The van der Waals surface area contributed by atoms with E-state index in [1.807, 2.05) is 30.3 Å². The third-order valence-electron chi connectivity index (χ3n) is 4.62. The van der Waals surface area contributed by atoms with Crippen molar-refractivity contribution in [3.63, 3.8) is 0 Å². The molecule has 4 nitrogen and oxygen atoms in total. The van der Waals surface area contributed by atoms with Crippen molar-refractivity contribution in [1.29, 1.82) is 0 Å². The smallest absolute Gasteiger partial charge is 0.286 e. The van der Waals surface area contributed by atoms with Crippen LogP contribution in [-0.4, -0.2) is 35.7 Å². The highest BCUT2D eigenvalue weighted by atomic mass is 32.2. The van der Waals surface area contributed by atoms with Crippen LogP contribution in [-0.2, 0) is 4.79 Å². The van der Waals surface area contributed by atoms with Gasteiger partial charge in [-0.05, 0) is 49.1 Å². The lowest BCUT2D eigenvalue weighted by Gasteiger charge is -2.30. The van der Waals surface area contributed by atoms with Crippen molar-refractivity contribution < 1.29 is 9.53 Å². The van der Waals surface area contributed by atoms with Crippen LogP contribution in [0.15, 0.2) is 34.2 Å². The highest BCUT2D eigenvalue weighted by Gasteiger charge is 2.28. The average Bonchev–Trinajstić information content (AvgIpc) is 2.98. The number of thioether (sulfide) groups is 1. The van der Waals surface area contributed by atoms with Crippen molar-refractivity contribution in [2.45, 2.75) is 39.5 Å². The molecule has 1 fully saturated rings. The van der Waals surface area contributed by atoms with E-state index in [-0.39, 0.29) is 5.91 Å². The van der Waals surface area contributed by atoms with Gasteiger partial charge in [0.1, 0.15) is 5.75 Å². The van der Waals surface area contributed by atoms with Crippen molar-refractivity contribution >= 4 is 28.9 Å². The van der Waals surface area contributed by atoms with Crippen molar-refractivity contribution in [3.05, 3.63) is 34.7 Å². The molecule has 134 valence electrons. The molecule has 0 bridgehead atoms. The first-order valence-corrected chi connectivity index (χ1v) is 9.98. The molecule has 0 spiro atoms. The van der Waals surface area contributed by atoms with Gasteiger partial charge in [-0.3, -0.25) is 4.79 Å². The molecule has 1 aromatic rings. The van der Waals surface area contributed by atoms with Gasteiger partial charge < -0.3 is 9.64 Å². The van der Waals surface area contributed by atoms with Crippen LogP contribution in [0.1, 0.15) is 45.1 Å². The number of hydrogen-bond acceptors (Lipinski definition) is 4. The van der Waals surface area contributed by atoms with E-state index in [4.69, 9.17) is 4.74 Å². The van der Waals surface area contributed by atoms with E-state index >= 15 is 0 Å². The van der Waals surface area contributed by atoms with Gasteiger partial charge in [0.15, 0.2) is 5.17 Å². The van der Waals surface area contributed by atoms with Gasteiger partial charge in [-0.2, -0.15) is 4.99 Å². The van der Waals surface area contributed by atoms with Crippen LogP contribution in [0.3, 0.4) is 0 Å². The van der Waals surface area contributed by atoms with Gasteiger partial charge in [0, 0.05) is 18.7 Å². The van der Waals surface area contributed by atoms with Crippen LogP contribution < -0.4 is 4.74 Å². The summed E-state index contributed by atoms with van der Waals surface area (Å²) in [5.74, 6) is 1.46. The predicted octanol–water partition coefficient (Wildman–Crippen LogP) is 4.57. The summed E-state index contributed by atoms with van der Waals surface area (Å²) in [6.45, 7) is 7.11. The summed E-state index contributed by atoms with van der Waals surface area (Å²) in [5, 5.41) is 0.854. The van der Waals surface area contributed by atoms with Crippen LogP contribution in [0.5, 0.6) is 5.75 Å². The van der Waals surface area contributed by atoms with E-state index in [9.17, 15) is 4.79 Å². The number of carbonyl (C=O) groups is 1. The lowest BCUT2D eigenvalue weighted by molar-refractivity contribution is -0.113. The molecule has 0 saturated carbocycles. The Bertz CT molecular complexity index is 676. The molecule has 2 aliphatic heterocycles. The number of likely N-dealkylation sites (tertiary alicyclic amines) is 1. The lowest BCUT2D eigenvalue weighted by atomic mass is 10.00. The lowest BCUT2D eigenvalue weighted by Crippen LogP contribution is -2.35. The molecule has 0 aromatic heterocycles. The maximum absolute atomic E-state index is 12.3. The van der Waals surface area contributed by atoms with Gasteiger partial charge in [-0.25, -0.2) is 0 Å². The normalized spacial score (nSPS) is 20.2. The molecule has 2 aliphatic rings. The molecule has 0 radical (unpaired) electrons. The summed E-state index contributed by atoms with van der Waals surface area (Å²) in [6.07, 6.45) is 6.38. The summed E-state index contributed by atoms with van der Waals surface area (Å²) in [4.78, 5) is 19.5. The Kier molecular flexibility index (Phi) is 6.19. The van der Waals surface area contributed by atoms with Gasteiger partial charge in [0.05, 0.1) is 11.5 Å². The minimum Gasteiger partial charge on any atom is -0.493 e. The zero-order valence-corrected chi connectivity index (χ0v) is 15.8. The molecule has 2 heterocycles. The highest BCUT2D eigenvalue weighted by Crippen LogP contribution is 2.33. The molecule has 25 heavy (non-hydrogen) atoms. The van der Waals surface area contributed by atoms with Gasteiger partial charge >= 0.3 is 0 Å². The molecule has 1 aromatic carbocycles. The topological polar surface area (TPSA) is 41.9 Å². The molecular formula is C20H26N2O2S. The van der Waals surface area contributed by atoms with E-state index < -0.39 is 0 Å². The minimum absolute atomic E-state index is 0.137. The number of para-hydroxylation sites is 1. The van der Waals surface area contributed by atoms with Crippen LogP contribution in [0.25, 0.3) is 6.08 Å². The SMILES string of the molecule is CCCCOc1ccccc1C=C1SC(N2CCC(C)CC2)=NC1=O. The number of nitrogens with zero attached hydrogens (tertiary/aromatic N) is 2. The first-order chi connectivity index (χ1) is 12.2. The zero-order valence-electron chi connectivity index (χ0n) is 15.0. The Morgan fingerprint density at radius 2 is 2.08 bits per heavy atom. The second-order valence-corrected chi connectivity index (χ2v) is 7.73. The molecule has 0 unspecified atom stereocenters. The number of unbranched alkanes of at least 4 members (excludes halogenated alkanes) is 1. The van der Waals surface area contributed by atoms with Gasteiger partial charge in [0.2, 0.25) is 0 Å². The zero-order chi connectivity index (χ0) is 17.6. The quantitative estimate of drug-likeness (QED) is 0.571. The summed E-state index contributed by atoms with van der Waals surface area (Å²) in [5.41, 5.74) is 0.943. The van der Waals surface area contributed by atoms with Crippen molar-refractivity contribution in [3.8, 4) is 5.75 Å². The predicted molar refractivity (Wildman–Crippen MR) is 105 cm³/mol. The Morgan fingerprint density at radius 1 is 1.32 bits per heavy atom. The van der Waals surface area contributed by atoms with E-state index in [1.165, 1.54) is 24.6 Å². The second-order valence-electron chi connectivity index (χ2n) is 6.72. The van der Waals surface area contributed by atoms with Crippen LogP contribution in [0, 0.1) is 5.92 Å². The minimum atomic E-state index is -0.137. The van der Waals surface area contributed by atoms with Crippen LogP contribution >= 0.6 is 11.8 Å². The number of piperidine rings is 1. The fraction of sp³-hybridized carbons (Fsp3) is 0.500. The molecule has 1 amide bonds. The number of amidine groups is 1. The van der Waals surface area contributed by atoms with Crippen LogP contribution in [0.2, 0.25) is 0 Å². The highest BCUT2D eigenvalue weighted by molar-refractivity contribution is 8.18. The fourth-order valence-corrected chi connectivity index (χ4v) is 3.89. The summed E-state index contributed by atoms with van der Waals surface area (Å²) in [6, 6.07) is 7.88. The van der Waals surface area contributed by atoms with Crippen LogP contribution in [0.4, 0.5) is 0 Å². The number of ether oxygens (including phenoxy) is 1. The standard InChI is InChI=1S/C20H26N2O2S/c1-3-4-13-24-17-8-6-5-7-16(17)14-18-19(23)21-20(25-18)22-11-9-15(2)10-12-22/h5-8,14-15H,3-4,9-13H2,1-2H3. The Labute approximate surface area is 154 Å². The number of carbonyl (C=O) groups excluding carboxylic acids is 1. The van der Waals surface area contributed by atoms with Crippen molar-refractivity contribution in [2.24, 2.45) is 10.9 Å². The van der Waals surface area contributed by atoms with E-state index in [2.05, 4.69) is 23.7 Å². The Balaban J connectivity index is 1.70. The second kappa shape index (κ2) is 8.56. The third-order valence-corrected chi connectivity index (χ3v) is 5.67. The first kappa shape index (κ1) is 18.1. The molecule has 3 rings (SSSR count). The van der Waals surface area contributed by atoms with Gasteiger partial charge in [-0.15, -0.1) is 0 Å². The maximum Gasteiger partial charge on any atom is 0.286 e. The van der Waals surface area contributed by atoms with Gasteiger partial charge in [0.25, 0.3) is 5.91 Å². The van der Waals surface area contributed by atoms with Crippen molar-refractivity contribution in [1.82, 2.24) is 4.90 Å². The summed E-state index contributed by atoms with van der Waals surface area (Å²) in [7, 11) is 0. The summed E-state index contributed by atoms with van der Waals surface area (Å²) >= 11 is 1.49. The molecule has 0 atom stereocenters. The largest absolute Gasteiger partial charge is 0.493 e. The summed E-state index contributed by atoms with van der Waals surface area (Å²) < 4.78 is 5.87. The first-order valence-electron chi connectivity index (χ1n) is 9.16. The van der Waals surface area contributed by atoms with E-state index in [0.29, 0.717) is 11.5 Å². The maximum atomic E-state index is 12.3. The van der Waals surface area contributed by atoms with Crippen molar-refractivity contribution in [2.75, 3.05) is 19.7 Å². The number of benzene rings is 1. The Hall–Kier alpha value is -1.75. The van der Waals surface area contributed by atoms with E-state index in [1.54, 1.807) is 0 Å². The average molecular weight is 359 g/mol. The number of hydrogen-bond donors (Lipinski definition) is 0. The number of aliphatic imine (C=N–C) groups is 1. The molecule has 0 N–H and O–H groups in total. The fourth-order valence-electron chi connectivity index (χ4n) is 2.93. The molecule has 5 heteroatoms. The van der Waals surface area contributed by atoms with E-state index in [0.717, 1.165) is 48.3 Å². The molecule has 0 aliphatic carbocycles. The molecular weight excluding hydrogens is 332 g/mol. The number of rotatable bonds is 5. The third kappa shape index (κ3) is 4.66. The Morgan fingerprint density at radius 3 is 2.84 bits per heavy atom. The van der Waals surface area contributed by atoms with Gasteiger partial charge in [-0.1, -0.05) is 38.5 Å².